The van der Waals surface area contributed by atoms with Crippen molar-refractivity contribution in [1.82, 2.24) is 0 Å². The molecule has 0 amide bonds. The highest BCUT2D eigenvalue weighted by Gasteiger charge is 2.07. The van der Waals surface area contributed by atoms with E-state index in [1.54, 1.807) is 12.1 Å². The minimum absolute atomic E-state index is 0.00523. The quantitative estimate of drug-likeness (QED) is 0.0726. The second-order valence-electron chi connectivity index (χ2n) is 6.53. The number of unbranched alkanes of at least 4 members (excludes halogenated alkanes) is 6. The van der Waals surface area contributed by atoms with Crippen molar-refractivity contribution in [3.05, 3.63) is 102 Å². The van der Waals surface area contributed by atoms with Crippen LogP contribution in [0.25, 0.3) is 0 Å². The van der Waals surface area contributed by atoms with Gasteiger partial charge in [0.2, 0.25) is 0 Å². The number of ether oxygens (including phenoxy) is 2. The summed E-state index contributed by atoms with van der Waals surface area (Å²) in [6.45, 7) is 41.0. The summed E-state index contributed by atoms with van der Waals surface area (Å²) >= 11 is 0. The van der Waals surface area contributed by atoms with E-state index >= 15 is 0 Å². The topological polar surface area (TPSA) is 96.2 Å². The summed E-state index contributed by atoms with van der Waals surface area (Å²) in [7, 11) is 0. The van der Waals surface area contributed by atoms with Gasteiger partial charge in [0.15, 0.2) is 11.5 Å². The van der Waals surface area contributed by atoms with Gasteiger partial charge < -0.3 is 24.8 Å². The number of carbonyl (C=O) groups excluding carboxylic acids is 1. The van der Waals surface area contributed by atoms with Gasteiger partial charge in [0.05, 0.1) is 13.2 Å². The Morgan fingerprint density at radius 3 is 1.50 bits per heavy atom. The third-order valence-electron chi connectivity index (χ3n) is 3.98. The van der Waals surface area contributed by atoms with Gasteiger partial charge in [0.25, 0.3) is 0 Å². The fourth-order valence-corrected chi connectivity index (χ4v) is 2.45. The molecule has 0 aliphatic rings. The number of phenolic OH excluding ortho intramolecular Hbond substituents is 1. The number of phenols is 1. The second-order valence-corrected chi connectivity index (χ2v) is 6.53. The molecule has 0 bridgehead atoms. The molecule has 234 valence electrons. The van der Waals surface area contributed by atoms with Crippen molar-refractivity contribution in [2.24, 2.45) is 0 Å². The Morgan fingerprint density at radius 2 is 1.18 bits per heavy atom. The van der Waals surface area contributed by atoms with Gasteiger partial charge in [-0.05, 0) is 44.4 Å². The van der Waals surface area contributed by atoms with Crippen LogP contribution >= 0.6 is 0 Å². The molecule has 6 nitrogen and oxygen atoms in total. The zero-order chi connectivity index (χ0) is 33.0. The first-order chi connectivity index (χ1) is 19.5. The van der Waals surface area contributed by atoms with E-state index in [2.05, 4.69) is 79.3 Å². The average Bonchev–Trinajstić information content (AvgIpc) is 3.03. The van der Waals surface area contributed by atoms with E-state index in [9.17, 15) is 9.90 Å². The highest BCUT2D eigenvalue weighted by molar-refractivity contribution is 5.83. The molecule has 0 radical (unpaired) electrons. The number of aryl methyl sites for hydroxylation is 1. The van der Waals surface area contributed by atoms with Crippen LogP contribution in [0.5, 0.6) is 11.5 Å². The average molecular weight is 567 g/mol. The molecule has 0 unspecified atom stereocenters. The maximum absolute atomic E-state index is 11.1. The molecule has 1 aromatic rings. The van der Waals surface area contributed by atoms with Gasteiger partial charge in [-0.15, -0.1) is 65.8 Å². The smallest absolute Gasteiger partial charge is 0.335 e. The normalized spacial score (nSPS) is 7.72. The van der Waals surface area contributed by atoms with Crippen molar-refractivity contribution in [2.45, 2.75) is 72.1 Å². The summed E-state index contributed by atoms with van der Waals surface area (Å²) < 4.78 is 9.76. The minimum atomic E-state index is -0.565. The van der Waals surface area contributed by atoms with Crippen LogP contribution in [0.1, 0.15) is 71.3 Å². The summed E-state index contributed by atoms with van der Waals surface area (Å²) in [5, 5.41) is 25.1. The van der Waals surface area contributed by atoms with Gasteiger partial charge in [-0.2, -0.15) is 0 Å². The van der Waals surface area contributed by atoms with Crippen LogP contribution in [0, 0.1) is 0 Å². The second kappa shape index (κ2) is 60.4. The van der Waals surface area contributed by atoms with Crippen LogP contribution in [-0.2, 0) is 16.0 Å². The predicted octanol–water partition coefficient (Wildman–Crippen LogP) is 8.80. The number of benzene rings is 1. The lowest BCUT2D eigenvalue weighted by Gasteiger charge is -2.07. The number of esters is 1. The Bertz CT molecular complexity index is 588. The first-order valence-electron chi connectivity index (χ1n) is 13.5. The van der Waals surface area contributed by atoms with Gasteiger partial charge >= 0.3 is 5.97 Å². The Balaban J connectivity index is -0.0000000947. The van der Waals surface area contributed by atoms with Crippen molar-refractivity contribution in [2.75, 3.05) is 26.4 Å². The SMILES string of the molecule is C=C.C=C.C=C.C=C.C=C.C=CC(=O)Oc1ccc(CCCCCCCCC)cc1O.CCOCC.OCCO. The predicted molar refractivity (Wildman–Crippen MR) is 178 cm³/mol. The van der Waals surface area contributed by atoms with Crippen LogP contribution < -0.4 is 4.74 Å². The van der Waals surface area contributed by atoms with E-state index in [1.165, 1.54) is 38.5 Å². The zero-order valence-corrected chi connectivity index (χ0v) is 26.1. The third kappa shape index (κ3) is 51.5. The fourth-order valence-electron chi connectivity index (χ4n) is 2.45. The molecule has 0 saturated carbocycles. The molecule has 0 saturated heterocycles. The van der Waals surface area contributed by atoms with E-state index in [0.717, 1.165) is 37.7 Å². The molecule has 0 heterocycles. The first-order valence-corrected chi connectivity index (χ1v) is 13.5. The van der Waals surface area contributed by atoms with Gasteiger partial charge in [-0.25, -0.2) is 4.79 Å². The molecule has 0 fully saturated rings. The highest BCUT2D eigenvalue weighted by atomic mass is 16.5. The van der Waals surface area contributed by atoms with E-state index < -0.39 is 5.97 Å². The molecule has 6 heteroatoms. The number of aliphatic hydroxyl groups is 2. The minimum Gasteiger partial charge on any atom is -0.504 e. The van der Waals surface area contributed by atoms with Crippen LogP contribution in [0.4, 0.5) is 0 Å². The van der Waals surface area contributed by atoms with Crippen LogP contribution in [-0.4, -0.2) is 47.7 Å². The van der Waals surface area contributed by atoms with Crippen molar-refractivity contribution in [3.63, 3.8) is 0 Å². The molecular weight excluding hydrogens is 504 g/mol. The van der Waals surface area contributed by atoms with Crippen molar-refractivity contribution in [1.29, 1.82) is 0 Å². The molecule has 0 aromatic heterocycles. The maximum atomic E-state index is 11.1. The van der Waals surface area contributed by atoms with E-state index in [-0.39, 0.29) is 24.7 Å². The maximum Gasteiger partial charge on any atom is 0.335 e. The lowest BCUT2D eigenvalue weighted by molar-refractivity contribution is -0.129. The van der Waals surface area contributed by atoms with Gasteiger partial charge in [0, 0.05) is 19.3 Å². The molecule has 0 aliphatic heterocycles. The summed E-state index contributed by atoms with van der Waals surface area (Å²) in [6, 6.07) is 5.19. The molecule has 1 rings (SSSR count). The molecular formula is C34H62O6. The van der Waals surface area contributed by atoms with E-state index in [4.69, 9.17) is 19.7 Å². The lowest BCUT2D eigenvalue weighted by atomic mass is 10.0. The Labute approximate surface area is 247 Å². The molecule has 3 N–H and O–H groups in total. The monoisotopic (exact) mass is 566 g/mol. The first kappa shape index (κ1) is 53.1. The largest absolute Gasteiger partial charge is 0.504 e. The van der Waals surface area contributed by atoms with Crippen LogP contribution in [0.2, 0.25) is 0 Å². The van der Waals surface area contributed by atoms with Crippen LogP contribution in [0.3, 0.4) is 0 Å². The fraction of sp³-hybridized carbons (Fsp3) is 0.441. The molecule has 1 aromatic carbocycles. The highest BCUT2D eigenvalue weighted by Crippen LogP contribution is 2.27. The number of hydrogen-bond donors (Lipinski definition) is 3. The van der Waals surface area contributed by atoms with Gasteiger partial charge in [0.1, 0.15) is 0 Å². The zero-order valence-electron chi connectivity index (χ0n) is 26.1. The van der Waals surface area contributed by atoms with E-state index in [1.807, 2.05) is 19.9 Å². The third-order valence-corrected chi connectivity index (χ3v) is 3.98. The lowest BCUT2D eigenvalue weighted by Crippen LogP contribution is -2.03. The van der Waals surface area contributed by atoms with Crippen LogP contribution in [0.15, 0.2) is 96.6 Å². The molecule has 0 spiro atoms. The standard InChI is InChI=1S/C18H26O3.C4H10O.C2H6O2.5C2H4/c1-3-5-6-7-8-9-10-11-15-12-13-17(16(19)14-15)21-18(20)4-2;1-3-5-4-2;3-1-2-4;5*1-2/h4,12-14,19H,2-3,5-11H2,1H3;3-4H2,1-2H3;3-4H,1-2H2;5*1-2H2. The number of carbonyl (C=O) groups is 1. The van der Waals surface area contributed by atoms with Crippen molar-refractivity contribution >= 4 is 5.97 Å². The van der Waals surface area contributed by atoms with Crippen molar-refractivity contribution in [3.8, 4) is 11.5 Å². The Kier molecular flexibility index (Phi) is 80.2. The van der Waals surface area contributed by atoms with Gasteiger partial charge in [-0.3, -0.25) is 0 Å². The van der Waals surface area contributed by atoms with E-state index in [0.29, 0.717) is 0 Å². The van der Waals surface area contributed by atoms with Gasteiger partial charge in [-0.1, -0.05) is 58.1 Å². The number of rotatable bonds is 13. The molecule has 40 heavy (non-hydrogen) atoms. The number of aliphatic hydroxyl groups excluding tert-OH is 2. The summed E-state index contributed by atoms with van der Waals surface area (Å²) in [5.74, 6) is -0.376. The molecule has 0 atom stereocenters. The number of aromatic hydroxyl groups is 1. The Morgan fingerprint density at radius 1 is 0.750 bits per heavy atom. The molecule has 0 aliphatic carbocycles. The van der Waals surface area contributed by atoms with Crippen molar-refractivity contribution < 1.29 is 29.6 Å². The summed E-state index contributed by atoms with van der Waals surface area (Å²) in [4.78, 5) is 11.1. The summed E-state index contributed by atoms with van der Waals surface area (Å²) in [6.07, 6.45) is 10.9. The Hall–Kier alpha value is -3.19. The number of hydrogen-bond acceptors (Lipinski definition) is 6. The summed E-state index contributed by atoms with van der Waals surface area (Å²) in [5.41, 5.74) is 1.07.